The minimum absolute atomic E-state index is 0.0870. The van der Waals surface area contributed by atoms with Crippen LogP contribution in [0.25, 0.3) is 0 Å². The Morgan fingerprint density at radius 3 is 2.79 bits per heavy atom. The fourth-order valence-corrected chi connectivity index (χ4v) is 3.88. The Kier molecular flexibility index (Phi) is 5.57. The predicted molar refractivity (Wildman–Crippen MR) is 104 cm³/mol. The van der Waals surface area contributed by atoms with Crippen molar-refractivity contribution >= 4 is 11.7 Å². The Morgan fingerprint density at radius 1 is 1.21 bits per heavy atom. The summed E-state index contributed by atoms with van der Waals surface area (Å²) in [6.45, 7) is 8.43. The highest BCUT2D eigenvalue weighted by molar-refractivity contribution is 5.91. The number of aromatic nitrogens is 3. The molecular formula is C20H27N5O3. The molecule has 2 fully saturated rings. The molecule has 8 heteroatoms. The van der Waals surface area contributed by atoms with Gasteiger partial charge in [0.1, 0.15) is 11.6 Å². The van der Waals surface area contributed by atoms with Crippen molar-refractivity contribution in [2.45, 2.75) is 39.0 Å². The smallest absolute Gasteiger partial charge is 0.292 e. The van der Waals surface area contributed by atoms with Crippen molar-refractivity contribution in [1.82, 2.24) is 20.0 Å². The zero-order valence-electron chi connectivity index (χ0n) is 16.6. The molecule has 4 heterocycles. The summed E-state index contributed by atoms with van der Waals surface area (Å²) in [5.41, 5.74) is 1.82. The van der Waals surface area contributed by atoms with Gasteiger partial charge in [-0.05, 0) is 26.2 Å². The lowest BCUT2D eigenvalue weighted by Gasteiger charge is -2.33. The van der Waals surface area contributed by atoms with Crippen LogP contribution in [-0.2, 0) is 11.2 Å². The van der Waals surface area contributed by atoms with Crippen LogP contribution < -0.4 is 4.90 Å². The quantitative estimate of drug-likeness (QED) is 0.797. The molecule has 0 radical (unpaired) electrons. The summed E-state index contributed by atoms with van der Waals surface area (Å²) in [5.74, 6) is 2.16. The first-order chi connectivity index (χ1) is 13.6. The molecule has 2 aliphatic rings. The van der Waals surface area contributed by atoms with Gasteiger partial charge < -0.3 is 19.1 Å². The van der Waals surface area contributed by atoms with E-state index < -0.39 is 0 Å². The number of carbonyl (C=O) groups excluding carboxylic acids is 1. The van der Waals surface area contributed by atoms with Gasteiger partial charge in [0, 0.05) is 44.2 Å². The van der Waals surface area contributed by atoms with Crippen LogP contribution in [0.1, 0.15) is 53.5 Å². The van der Waals surface area contributed by atoms with E-state index in [1.54, 1.807) is 6.07 Å². The fraction of sp³-hybridized carbons (Fsp3) is 0.600. The van der Waals surface area contributed by atoms with E-state index in [9.17, 15) is 4.79 Å². The highest BCUT2D eigenvalue weighted by Gasteiger charge is 2.29. The first-order valence-electron chi connectivity index (χ1n) is 10.1. The van der Waals surface area contributed by atoms with Gasteiger partial charge in [0.25, 0.3) is 5.91 Å². The lowest BCUT2D eigenvalue weighted by Crippen LogP contribution is -2.39. The molecule has 0 unspecified atom stereocenters. The number of nitrogens with zero attached hydrogens (tertiary/aromatic N) is 5. The monoisotopic (exact) mass is 385 g/mol. The van der Waals surface area contributed by atoms with Gasteiger partial charge in [-0.25, -0.2) is 9.97 Å². The van der Waals surface area contributed by atoms with Gasteiger partial charge in [-0.3, -0.25) is 4.79 Å². The number of anilines is 1. The van der Waals surface area contributed by atoms with E-state index in [0.717, 1.165) is 75.1 Å². The number of hydrogen-bond acceptors (Lipinski definition) is 7. The van der Waals surface area contributed by atoms with E-state index in [1.165, 1.54) is 0 Å². The number of aryl methyl sites for hydroxylation is 2. The molecule has 0 N–H and O–H groups in total. The summed E-state index contributed by atoms with van der Waals surface area (Å²) in [4.78, 5) is 26.2. The van der Waals surface area contributed by atoms with Crippen LogP contribution in [0, 0.1) is 6.92 Å². The number of rotatable bonds is 4. The maximum Gasteiger partial charge on any atom is 0.292 e. The van der Waals surface area contributed by atoms with Crippen LogP contribution in [0.5, 0.6) is 0 Å². The van der Waals surface area contributed by atoms with Crippen molar-refractivity contribution in [2.24, 2.45) is 0 Å². The third-order valence-corrected chi connectivity index (χ3v) is 5.44. The molecule has 1 amide bonds. The SMILES string of the molecule is CCc1cc(C(=O)N2CCC[C@H](c3cc(N4CCOCC4)nc(C)n3)C2)on1. The van der Waals surface area contributed by atoms with Crippen molar-refractivity contribution in [1.29, 1.82) is 0 Å². The molecule has 2 saturated heterocycles. The fourth-order valence-electron chi connectivity index (χ4n) is 3.88. The van der Waals surface area contributed by atoms with Crippen molar-refractivity contribution in [3.8, 4) is 0 Å². The summed E-state index contributed by atoms with van der Waals surface area (Å²) < 4.78 is 10.7. The van der Waals surface area contributed by atoms with E-state index in [1.807, 2.05) is 18.7 Å². The number of piperidine rings is 1. The highest BCUT2D eigenvalue weighted by atomic mass is 16.5. The Balaban J connectivity index is 1.51. The van der Waals surface area contributed by atoms with Gasteiger partial charge in [0.15, 0.2) is 0 Å². The molecule has 150 valence electrons. The molecule has 0 spiro atoms. The number of hydrogen-bond donors (Lipinski definition) is 0. The van der Waals surface area contributed by atoms with Gasteiger partial charge in [-0.1, -0.05) is 12.1 Å². The average molecular weight is 385 g/mol. The number of likely N-dealkylation sites (tertiary alicyclic amines) is 1. The van der Waals surface area contributed by atoms with Crippen LogP contribution in [0.15, 0.2) is 16.7 Å². The zero-order chi connectivity index (χ0) is 19.5. The lowest BCUT2D eigenvalue weighted by atomic mass is 9.94. The van der Waals surface area contributed by atoms with Crippen molar-refractivity contribution in [3.05, 3.63) is 35.1 Å². The van der Waals surface area contributed by atoms with Crippen LogP contribution in [0.2, 0.25) is 0 Å². The topological polar surface area (TPSA) is 84.6 Å². The minimum atomic E-state index is -0.0870. The summed E-state index contributed by atoms with van der Waals surface area (Å²) in [6.07, 6.45) is 2.71. The Labute approximate surface area is 164 Å². The van der Waals surface area contributed by atoms with E-state index in [-0.39, 0.29) is 11.8 Å². The Morgan fingerprint density at radius 2 is 2.04 bits per heavy atom. The number of amides is 1. The van der Waals surface area contributed by atoms with Gasteiger partial charge in [0.2, 0.25) is 5.76 Å². The standard InChI is InChI=1S/C20H27N5O3/c1-3-16-11-18(28-23-16)20(26)25-6-4-5-15(13-25)17-12-19(22-14(2)21-17)24-7-9-27-10-8-24/h11-12,15H,3-10,13H2,1-2H3/t15-/m0/s1. The van der Waals surface area contributed by atoms with Gasteiger partial charge in [-0.15, -0.1) is 0 Å². The maximum absolute atomic E-state index is 12.8. The molecule has 0 saturated carbocycles. The van der Waals surface area contributed by atoms with Crippen LogP contribution in [0.4, 0.5) is 5.82 Å². The van der Waals surface area contributed by atoms with Crippen LogP contribution in [-0.4, -0.2) is 65.3 Å². The minimum Gasteiger partial charge on any atom is -0.378 e. The Bertz CT molecular complexity index is 831. The predicted octanol–water partition coefficient (Wildman–Crippen LogP) is 2.19. The number of ether oxygens (including phenoxy) is 1. The average Bonchev–Trinajstić information content (AvgIpc) is 3.23. The van der Waals surface area contributed by atoms with Crippen molar-refractivity contribution in [3.63, 3.8) is 0 Å². The number of morpholine rings is 1. The van der Waals surface area contributed by atoms with E-state index in [4.69, 9.17) is 14.2 Å². The molecule has 8 nitrogen and oxygen atoms in total. The van der Waals surface area contributed by atoms with E-state index in [0.29, 0.717) is 12.3 Å². The number of carbonyl (C=O) groups is 1. The normalized spacial score (nSPS) is 20.4. The second-order valence-corrected chi connectivity index (χ2v) is 7.42. The van der Waals surface area contributed by atoms with Crippen molar-refractivity contribution < 1.29 is 14.1 Å². The van der Waals surface area contributed by atoms with E-state index in [2.05, 4.69) is 21.1 Å². The molecular weight excluding hydrogens is 358 g/mol. The molecule has 28 heavy (non-hydrogen) atoms. The van der Waals surface area contributed by atoms with E-state index >= 15 is 0 Å². The maximum atomic E-state index is 12.8. The van der Waals surface area contributed by atoms with Crippen LogP contribution in [0.3, 0.4) is 0 Å². The molecule has 2 aliphatic heterocycles. The molecule has 0 bridgehead atoms. The molecule has 0 aromatic carbocycles. The summed E-state index contributed by atoms with van der Waals surface area (Å²) in [6, 6.07) is 3.83. The molecule has 2 aromatic heterocycles. The first kappa shape index (κ1) is 18.9. The largest absolute Gasteiger partial charge is 0.378 e. The first-order valence-corrected chi connectivity index (χ1v) is 10.1. The molecule has 1 atom stereocenters. The van der Waals surface area contributed by atoms with Gasteiger partial charge in [0.05, 0.1) is 24.6 Å². The zero-order valence-corrected chi connectivity index (χ0v) is 16.6. The van der Waals surface area contributed by atoms with Gasteiger partial charge in [-0.2, -0.15) is 0 Å². The summed E-state index contributed by atoms with van der Waals surface area (Å²) >= 11 is 0. The molecule has 4 rings (SSSR count). The second-order valence-electron chi connectivity index (χ2n) is 7.42. The third kappa shape index (κ3) is 4.01. The third-order valence-electron chi connectivity index (χ3n) is 5.44. The summed E-state index contributed by atoms with van der Waals surface area (Å²) in [5, 5.41) is 3.94. The lowest BCUT2D eigenvalue weighted by molar-refractivity contribution is 0.0663. The molecule has 0 aliphatic carbocycles. The second kappa shape index (κ2) is 8.26. The molecule has 2 aromatic rings. The Hall–Kier alpha value is -2.48. The van der Waals surface area contributed by atoms with Crippen molar-refractivity contribution in [2.75, 3.05) is 44.3 Å². The summed E-state index contributed by atoms with van der Waals surface area (Å²) in [7, 11) is 0. The van der Waals surface area contributed by atoms with Crippen LogP contribution >= 0.6 is 0 Å². The van der Waals surface area contributed by atoms with Gasteiger partial charge >= 0.3 is 0 Å². The highest BCUT2D eigenvalue weighted by Crippen LogP contribution is 2.29.